The topological polar surface area (TPSA) is 83.7 Å². The molecule has 21 heavy (non-hydrogen) atoms. The lowest BCUT2D eigenvalue weighted by molar-refractivity contribution is 0.440. The van der Waals surface area contributed by atoms with Crippen LogP contribution in [0.1, 0.15) is 23.8 Å². The quantitative estimate of drug-likeness (QED) is 0.906. The molecule has 0 saturated heterocycles. The van der Waals surface area contributed by atoms with Crippen LogP contribution in [0.4, 0.5) is 5.69 Å². The highest BCUT2D eigenvalue weighted by molar-refractivity contribution is 7.92. The first-order valence-corrected chi connectivity index (χ1v) is 8.34. The van der Waals surface area contributed by atoms with Gasteiger partial charge in [-0.25, -0.2) is 8.42 Å². The predicted molar refractivity (Wildman–Crippen MR) is 80.6 cm³/mol. The number of hydrogen-bond acceptors (Lipinski definition) is 5. The van der Waals surface area contributed by atoms with Crippen molar-refractivity contribution in [3.05, 3.63) is 54.0 Å². The summed E-state index contributed by atoms with van der Waals surface area (Å²) < 4.78 is 30.1. The Morgan fingerprint density at radius 2 is 2.05 bits per heavy atom. The Morgan fingerprint density at radius 3 is 2.67 bits per heavy atom. The molecule has 1 aromatic carbocycles. The molecule has 0 radical (unpaired) electrons. The molecule has 2 aromatic rings. The summed E-state index contributed by atoms with van der Waals surface area (Å²) in [6.07, 6.45) is 3.49. The van der Waals surface area contributed by atoms with E-state index < -0.39 is 10.0 Å². The lowest BCUT2D eigenvalue weighted by atomic mass is 10.0. The second-order valence-electron chi connectivity index (χ2n) is 4.91. The molecular formula is C14H15N3O3S. The maximum absolute atomic E-state index is 11.2. The van der Waals surface area contributed by atoms with E-state index in [0.717, 1.165) is 29.7 Å². The van der Waals surface area contributed by atoms with Crippen LogP contribution in [0.3, 0.4) is 0 Å². The van der Waals surface area contributed by atoms with Crippen LogP contribution >= 0.6 is 0 Å². The Hall–Kier alpha value is -2.28. The van der Waals surface area contributed by atoms with E-state index in [-0.39, 0.29) is 6.04 Å². The molecule has 110 valence electrons. The average molecular weight is 305 g/mol. The van der Waals surface area contributed by atoms with Crippen molar-refractivity contribution in [2.24, 2.45) is 5.10 Å². The number of anilines is 1. The van der Waals surface area contributed by atoms with Crippen LogP contribution in [0.25, 0.3) is 0 Å². The lowest BCUT2D eigenvalue weighted by Gasteiger charge is -2.06. The van der Waals surface area contributed by atoms with Crippen LogP contribution in [0.15, 0.2) is 52.2 Å². The smallest absolute Gasteiger partial charge is 0.229 e. The number of nitrogens with zero attached hydrogens (tertiary/aromatic N) is 1. The summed E-state index contributed by atoms with van der Waals surface area (Å²) in [4.78, 5) is 0. The standard InChI is InChI=1S/C14H15N3O3S/c1-21(18,19)17-11-6-4-10(5-7-11)12-9-13(16-15-12)14-3-2-8-20-14/h2-8,13,16-17H,9H2,1H3. The minimum Gasteiger partial charge on any atom is -0.467 e. The third kappa shape index (κ3) is 3.25. The van der Waals surface area contributed by atoms with Crippen molar-refractivity contribution in [3.8, 4) is 0 Å². The molecule has 0 bridgehead atoms. The predicted octanol–water partition coefficient (Wildman–Crippen LogP) is 2.09. The monoisotopic (exact) mass is 305 g/mol. The molecule has 2 heterocycles. The molecule has 0 aliphatic carbocycles. The molecule has 3 rings (SSSR count). The maximum atomic E-state index is 11.2. The second kappa shape index (κ2) is 5.25. The zero-order chi connectivity index (χ0) is 14.9. The van der Waals surface area contributed by atoms with Gasteiger partial charge in [0.05, 0.1) is 18.2 Å². The minimum atomic E-state index is -3.25. The number of hydrazone groups is 1. The van der Waals surface area contributed by atoms with E-state index in [9.17, 15) is 8.42 Å². The third-order valence-electron chi connectivity index (χ3n) is 3.16. The number of rotatable bonds is 4. The second-order valence-corrected chi connectivity index (χ2v) is 6.66. The van der Waals surface area contributed by atoms with Gasteiger partial charge in [0.25, 0.3) is 0 Å². The van der Waals surface area contributed by atoms with Crippen LogP contribution in [0.2, 0.25) is 0 Å². The van der Waals surface area contributed by atoms with Crippen LogP contribution in [-0.2, 0) is 10.0 Å². The maximum Gasteiger partial charge on any atom is 0.229 e. The molecule has 0 amide bonds. The molecule has 1 aromatic heterocycles. The van der Waals surface area contributed by atoms with Crippen LogP contribution in [0.5, 0.6) is 0 Å². The fourth-order valence-electron chi connectivity index (χ4n) is 2.22. The van der Waals surface area contributed by atoms with Gasteiger partial charge >= 0.3 is 0 Å². The van der Waals surface area contributed by atoms with Gasteiger partial charge < -0.3 is 4.42 Å². The molecule has 1 aliphatic rings. The van der Waals surface area contributed by atoms with Crippen molar-refractivity contribution in [2.45, 2.75) is 12.5 Å². The van der Waals surface area contributed by atoms with E-state index in [2.05, 4.69) is 15.2 Å². The van der Waals surface area contributed by atoms with Gasteiger partial charge in [0.1, 0.15) is 11.8 Å². The van der Waals surface area contributed by atoms with Gasteiger partial charge in [0, 0.05) is 12.1 Å². The fraction of sp³-hybridized carbons (Fsp3) is 0.214. The number of furan rings is 1. The molecule has 0 saturated carbocycles. The van der Waals surface area contributed by atoms with Gasteiger partial charge in [-0.15, -0.1) is 0 Å². The van der Waals surface area contributed by atoms with Gasteiger partial charge in [-0.3, -0.25) is 10.1 Å². The minimum absolute atomic E-state index is 0.0452. The molecule has 1 atom stereocenters. The highest BCUT2D eigenvalue weighted by Crippen LogP contribution is 2.25. The van der Waals surface area contributed by atoms with E-state index in [1.807, 2.05) is 24.3 Å². The molecule has 0 fully saturated rings. The van der Waals surface area contributed by atoms with Gasteiger partial charge in [0.15, 0.2) is 0 Å². The normalized spacial score (nSPS) is 18.1. The molecule has 0 spiro atoms. The van der Waals surface area contributed by atoms with Crippen molar-refractivity contribution in [1.82, 2.24) is 5.43 Å². The molecule has 6 nitrogen and oxygen atoms in total. The van der Waals surface area contributed by atoms with Crippen molar-refractivity contribution in [1.29, 1.82) is 0 Å². The van der Waals surface area contributed by atoms with E-state index in [0.29, 0.717) is 5.69 Å². The summed E-state index contributed by atoms with van der Waals surface area (Å²) in [5, 5.41) is 4.32. The average Bonchev–Trinajstić information content (AvgIpc) is 3.09. The SMILES string of the molecule is CS(=O)(=O)Nc1ccc(C2=NNC(c3ccco3)C2)cc1. The zero-order valence-corrected chi connectivity index (χ0v) is 12.2. The third-order valence-corrected chi connectivity index (χ3v) is 3.77. The molecule has 1 unspecified atom stereocenters. The number of nitrogens with one attached hydrogen (secondary N) is 2. The van der Waals surface area contributed by atoms with Crippen molar-refractivity contribution in [2.75, 3.05) is 11.0 Å². The summed E-state index contributed by atoms with van der Waals surface area (Å²) in [5.41, 5.74) is 5.45. The van der Waals surface area contributed by atoms with Gasteiger partial charge in [-0.05, 0) is 29.8 Å². The zero-order valence-electron chi connectivity index (χ0n) is 11.4. The first kappa shape index (κ1) is 13.7. The highest BCUT2D eigenvalue weighted by atomic mass is 32.2. The van der Waals surface area contributed by atoms with Crippen LogP contribution < -0.4 is 10.1 Å². The first-order valence-electron chi connectivity index (χ1n) is 6.45. The van der Waals surface area contributed by atoms with Gasteiger partial charge in [-0.2, -0.15) is 5.10 Å². The molecule has 7 heteroatoms. The Balaban J connectivity index is 1.71. The lowest BCUT2D eigenvalue weighted by Crippen LogP contribution is -2.10. The number of sulfonamides is 1. The van der Waals surface area contributed by atoms with Crippen LogP contribution in [-0.4, -0.2) is 20.4 Å². The fourth-order valence-corrected chi connectivity index (χ4v) is 2.79. The Morgan fingerprint density at radius 1 is 1.29 bits per heavy atom. The van der Waals surface area contributed by atoms with Gasteiger partial charge in [-0.1, -0.05) is 12.1 Å². The summed E-state index contributed by atoms with van der Waals surface area (Å²) in [7, 11) is -3.25. The van der Waals surface area contributed by atoms with E-state index in [1.54, 1.807) is 18.4 Å². The van der Waals surface area contributed by atoms with E-state index >= 15 is 0 Å². The molecule has 1 aliphatic heterocycles. The summed E-state index contributed by atoms with van der Waals surface area (Å²) in [6.45, 7) is 0. The number of benzene rings is 1. The van der Waals surface area contributed by atoms with Crippen LogP contribution in [0, 0.1) is 0 Å². The summed E-state index contributed by atoms with van der Waals surface area (Å²) in [6, 6.07) is 10.9. The summed E-state index contributed by atoms with van der Waals surface area (Å²) in [5.74, 6) is 0.851. The Labute approximate surface area is 122 Å². The highest BCUT2D eigenvalue weighted by Gasteiger charge is 2.23. The Kier molecular flexibility index (Phi) is 3.42. The van der Waals surface area contributed by atoms with E-state index in [1.165, 1.54) is 0 Å². The largest absolute Gasteiger partial charge is 0.467 e. The summed E-state index contributed by atoms with van der Waals surface area (Å²) >= 11 is 0. The van der Waals surface area contributed by atoms with E-state index in [4.69, 9.17) is 4.42 Å². The first-order chi connectivity index (χ1) is 10.0. The van der Waals surface area contributed by atoms with Crippen molar-refractivity contribution < 1.29 is 12.8 Å². The molecule has 2 N–H and O–H groups in total. The Bertz CT molecular complexity index is 749. The number of hydrogen-bond donors (Lipinski definition) is 2. The van der Waals surface area contributed by atoms with Crippen molar-refractivity contribution in [3.63, 3.8) is 0 Å². The molecular weight excluding hydrogens is 290 g/mol. The van der Waals surface area contributed by atoms with Crippen molar-refractivity contribution >= 4 is 21.4 Å². The van der Waals surface area contributed by atoms with Gasteiger partial charge in [0.2, 0.25) is 10.0 Å².